The molecule has 27 heavy (non-hydrogen) atoms. The van der Waals surface area contributed by atoms with Crippen molar-refractivity contribution in [3.8, 4) is 0 Å². The molecule has 2 nitrogen and oxygen atoms in total. The van der Waals surface area contributed by atoms with Crippen molar-refractivity contribution in [3.63, 3.8) is 0 Å². The average Bonchev–Trinajstić information content (AvgIpc) is 2.72. The molecule has 1 atom stereocenters. The predicted molar refractivity (Wildman–Crippen MR) is 113 cm³/mol. The average molecular weight is 367 g/mol. The predicted octanol–water partition coefficient (Wildman–Crippen LogP) is 6.87. The fourth-order valence-electron chi connectivity index (χ4n) is 3.43. The second kappa shape index (κ2) is 12.5. The lowest BCUT2D eigenvalue weighted by Crippen LogP contribution is -2.02. The number of aliphatic hydroxyl groups is 1. The minimum Gasteiger partial charge on any atom is -0.388 e. The van der Waals surface area contributed by atoms with Gasteiger partial charge in [-0.2, -0.15) is 0 Å². The highest BCUT2D eigenvalue weighted by Gasteiger charge is 2.11. The van der Waals surface area contributed by atoms with Crippen molar-refractivity contribution >= 4 is 5.78 Å². The van der Waals surface area contributed by atoms with E-state index >= 15 is 0 Å². The lowest BCUT2D eigenvalue weighted by atomic mass is 9.98. The van der Waals surface area contributed by atoms with Gasteiger partial charge in [0.25, 0.3) is 0 Å². The summed E-state index contributed by atoms with van der Waals surface area (Å²) in [5.74, 6) is 0.0237. The van der Waals surface area contributed by atoms with E-state index in [1.807, 2.05) is 54.6 Å². The summed E-state index contributed by atoms with van der Waals surface area (Å²) in [6.45, 7) is 2.25. The van der Waals surface area contributed by atoms with Crippen LogP contribution in [0, 0.1) is 0 Å². The van der Waals surface area contributed by atoms with E-state index in [9.17, 15) is 9.90 Å². The minimum atomic E-state index is -0.435. The van der Waals surface area contributed by atoms with E-state index in [1.54, 1.807) is 0 Å². The maximum absolute atomic E-state index is 12.4. The molecule has 2 rings (SSSR count). The molecule has 0 saturated heterocycles. The van der Waals surface area contributed by atoms with Crippen molar-refractivity contribution in [2.75, 3.05) is 0 Å². The fourth-order valence-corrected chi connectivity index (χ4v) is 3.43. The van der Waals surface area contributed by atoms with Crippen LogP contribution >= 0.6 is 0 Å². The molecular formula is C25H34O2. The van der Waals surface area contributed by atoms with Crippen LogP contribution in [-0.4, -0.2) is 10.9 Å². The molecule has 0 aromatic heterocycles. The van der Waals surface area contributed by atoms with Crippen LogP contribution in [0.15, 0.2) is 54.6 Å². The summed E-state index contributed by atoms with van der Waals surface area (Å²) < 4.78 is 0. The third-order valence-electron chi connectivity index (χ3n) is 5.17. The maximum atomic E-state index is 12.4. The molecular weight excluding hydrogens is 332 g/mol. The molecule has 0 heterocycles. The van der Waals surface area contributed by atoms with E-state index in [1.165, 1.54) is 51.4 Å². The largest absolute Gasteiger partial charge is 0.388 e. The Bertz CT molecular complexity index is 646. The molecule has 2 aromatic rings. The summed E-state index contributed by atoms with van der Waals surface area (Å²) in [7, 11) is 0. The first-order valence-corrected chi connectivity index (χ1v) is 10.6. The Morgan fingerprint density at radius 1 is 0.741 bits per heavy atom. The number of unbranched alkanes of at least 4 members (excludes halogenated alkanes) is 8. The summed E-state index contributed by atoms with van der Waals surface area (Å²) in [5, 5.41) is 10.4. The Labute approximate surface area is 164 Å². The quantitative estimate of drug-likeness (QED) is 0.310. The van der Waals surface area contributed by atoms with Crippen molar-refractivity contribution in [1.29, 1.82) is 0 Å². The van der Waals surface area contributed by atoms with Crippen molar-refractivity contribution < 1.29 is 9.90 Å². The molecule has 0 fully saturated rings. The van der Waals surface area contributed by atoms with Gasteiger partial charge in [0.15, 0.2) is 5.78 Å². The van der Waals surface area contributed by atoms with Gasteiger partial charge in [-0.25, -0.2) is 0 Å². The van der Waals surface area contributed by atoms with Gasteiger partial charge >= 0.3 is 0 Å². The SMILES string of the molecule is CCCCCCCCCCCC(O)c1ccc(C(=O)c2ccccc2)cc1. The van der Waals surface area contributed by atoms with E-state index < -0.39 is 6.10 Å². The Kier molecular flexibility index (Phi) is 9.86. The normalized spacial score (nSPS) is 12.1. The fraction of sp³-hybridized carbons (Fsp3) is 0.480. The summed E-state index contributed by atoms with van der Waals surface area (Å²) in [6.07, 6.45) is 11.9. The zero-order valence-corrected chi connectivity index (χ0v) is 16.7. The van der Waals surface area contributed by atoms with Crippen LogP contribution < -0.4 is 0 Å². The van der Waals surface area contributed by atoms with E-state index in [0.717, 1.165) is 18.4 Å². The number of ketones is 1. The standard InChI is InChI=1S/C25H34O2/c1-2-3-4-5-6-7-8-9-13-16-24(26)21-17-19-23(20-18-21)25(27)22-14-11-10-12-15-22/h10-12,14-15,17-20,24,26H,2-9,13,16H2,1H3. The molecule has 146 valence electrons. The van der Waals surface area contributed by atoms with Crippen molar-refractivity contribution in [3.05, 3.63) is 71.3 Å². The monoisotopic (exact) mass is 366 g/mol. The molecule has 2 aromatic carbocycles. The molecule has 0 aliphatic heterocycles. The van der Waals surface area contributed by atoms with Gasteiger partial charge in [0, 0.05) is 11.1 Å². The summed E-state index contributed by atoms with van der Waals surface area (Å²) >= 11 is 0. The van der Waals surface area contributed by atoms with Crippen LogP contribution in [0.1, 0.15) is 98.7 Å². The van der Waals surface area contributed by atoms with Crippen molar-refractivity contribution in [1.82, 2.24) is 0 Å². The Morgan fingerprint density at radius 3 is 1.85 bits per heavy atom. The summed E-state index contributed by atoms with van der Waals surface area (Å²) in [5.41, 5.74) is 2.26. The van der Waals surface area contributed by atoms with Gasteiger partial charge in [-0.05, 0) is 12.0 Å². The first-order valence-electron chi connectivity index (χ1n) is 10.6. The number of hydrogen-bond acceptors (Lipinski definition) is 2. The van der Waals surface area contributed by atoms with Gasteiger partial charge in [-0.3, -0.25) is 4.79 Å². The van der Waals surface area contributed by atoms with Gasteiger partial charge in [0.05, 0.1) is 6.10 Å². The molecule has 0 radical (unpaired) electrons. The molecule has 0 saturated carbocycles. The highest BCUT2D eigenvalue weighted by molar-refractivity contribution is 6.08. The zero-order valence-electron chi connectivity index (χ0n) is 16.7. The highest BCUT2D eigenvalue weighted by atomic mass is 16.3. The van der Waals surface area contributed by atoms with Gasteiger partial charge in [0.2, 0.25) is 0 Å². The van der Waals surface area contributed by atoms with E-state index in [0.29, 0.717) is 11.1 Å². The van der Waals surface area contributed by atoms with Crippen molar-refractivity contribution in [2.45, 2.75) is 77.2 Å². The summed E-state index contributed by atoms with van der Waals surface area (Å²) in [6, 6.07) is 16.7. The Morgan fingerprint density at radius 2 is 1.26 bits per heavy atom. The van der Waals surface area contributed by atoms with Crippen molar-refractivity contribution in [2.24, 2.45) is 0 Å². The molecule has 0 aliphatic carbocycles. The first-order chi connectivity index (χ1) is 13.2. The van der Waals surface area contributed by atoms with Gasteiger partial charge in [-0.1, -0.05) is 119 Å². The van der Waals surface area contributed by atoms with Gasteiger partial charge in [-0.15, -0.1) is 0 Å². The minimum absolute atomic E-state index is 0.0237. The van der Waals surface area contributed by atoms with Crippen LogP contribution in [-0.2, 0) is 0 Å². The molecule has 0 amide bonds. The van der Waals surface area contributed by atoms with Crippen LogP contribution in [0.2, 0.25) is 0 Å². The van der Waals surface area contributed by atoms with Crippen LogP contribution in [0.4, 0.5) is 0 Å². The third kappa shape index (κ3) is 7.68. The Hall–Kier alpha value is -1.93. The zero-order chi connectivity index (χ0) is 19.3. The lowest BCUT2D eigenvalue weighted by Gasteiger charge is -2.11. The second-order valence-corrected chi connectivity index (χ2v) is 7.45. The second-order valence-electron chi connectivity index (χ2n) is 7.45. The van der Waals surface area contributed by atoms with E-state index in [-0.39, 0.29) is 5.78 Å². The van der Waals surface area contributed by atoms with Crippen LogP contribution in [0.5, 0.6) is 0 Å². The molecule has 2 heteroatoms. The summed E-state index contributed by atoms with van der Waals surface area (Å²) in [4.78, 5) is 12.4. The number of rotatable bonds is 13. The first kappa shape index (κ1) is 21.4. The topological polar surface area (TPSA) is 37.3 Å². The van der Waals surface area contributed by atoms with Gasteiger partial charge in [0.1, 0.15) is 0 Å². The maximum Gasteiger partial charge on any atom is 0.193 e. The molecule has 0 aliphatic rings. The smallest absolute Gasteiger partial charge is 0.193 e. The van der Waals surface area contributed by atoms with Crippen LogP contribution in [0.25, 0.3) is 0 Å². The van der Waals surface area contributed by atoms with E-state index in [2.05, 4.69) is 6.92 Å². The molecule has 1 N–H and O–H groups in total. The Balaban J connectivity index is 1.68. The third-order valence-corrected chi connectivity index (χ3v) is 5.17. The highest BCUT2D eigenvalue weighted by Crippen LogP contribution is 2.22. The number of carbonyl (C=O) groups is 1. The molecule has 0 bridgehead atoms. The number of aliphatic hydroxyl groups excluding tert-OH is 1. The lowest BCUT2D eigenvalue weighted by molar-refractivity contribution is 0.103. The van der Waals surface area contributed by atoms with Gasteiger partial charge < -0.3 is 5.11 Å². The molecule has 1 unspecified atom stereocenters. The number of hydrogen-bond donors (Lipinski definition) is 1. The number of benzene rings is 2. The number of carbonyl (C=O) groups excluding carboxylic acids is 1. The van der Waals surface area contributed by atoms with Crippen LogP contribution in [0.3, 0.4) is 0 Å². The van der Waals surface area contributed by atoms with E-state index in [4.69, 9.17) is 0 Å². The molecule has 0 spiro atoms.